The van der Waals surface area contributed by atoms with Gasteiger partial charge < -0.3 is 36.2 Å². The molecule has 4 aliphatic rings. The number of rotatable bonds is 12. The highest BCUT2D eigenvalue weighted by atomic mass is 32.2. The number of nitrogens with zero attached hydrogens (tertiary/aromatic N) is 2. The van der Waals surface area contributed by atoms with Crippen LogP contribution in [-0.4, -0.2) is 107 Å². The number of primary amides is 1. The van der Waals surface area contributed by atoms with Gasteiger partial charge in [0.1, 0.15) is 18.2 Å². The topological polar surface area (TPSA) is 214 Å². The third kappa shape index (κ3) is 10.4. The van der Waals surface area contributed by atoms with Gasteiger partial charge in [0.05, 0.1) is 28.6 Å². The third-order valence-electron chi connectivity index (χ3n) is 11.6. The quantitative estimate of drug-likeness (QED) is 0.228. The molecule has 16 heteroatoms. The average Bonchev–Trinajstić information content (AvgIpc) is 3.84. The summed E-state index contributed by atoms with van der Waals surface area (Å²) in [6.45, 7) is 10.7. The Hall–Kier alpha value is -4.21. The number of ketones is 1. The van der Waals surface area contributed by atoms with Crippen LogP contribution in [0.2, 0.25) is 0 Å². The van der Waals surface area contributed by atoms with E-state index in [0.29, 0.717) is 32.4 Å². The number of ether oxygens (including phenoxy) is 1. The lowest BCUT2D eigenvalue weighted by Crippen LogP contribution is -2.63. The molecule has 2 saturated carbocycles. The first-order chi connectivity index (χ1) is 26.1. The van der Waals surface area contributed by atoms with Crippen LogP contribution in [0.5, 0.6) is 0 Å². The highest BCUT2D eigenvalue weighted by molar-refractivity contribution is 7.92. The number of nitrogens with two attached hydrogens (primary N) is 1. The summed E-state index contributed by atoms with van der Waals surface area (Å²) in [5.74, 6) is -3.56. The van der Waals surface area contributed by atoms with E-state index in [-0.39, 0.29) is 31.1 Å². The Balaban J connectivity index is 1.38. The minimum absolute atomic E-state index is 0.0918. The van der Waals surface area contributed by atoms with Crippen LogP contribution in [0.25, 0.3) is 0 Å². The predicted octanol–water partition coefficient (Wildman–Crippen LogP) is 3.12. The number of carbonyl (C=O) groups is 6. The number of sulfone groups is 1. The number of carbonyl (C=O) groups excluding carboxylic acids is 6. The standard InChI is InChI=1S/C40H60N6O9S/c1-38(2,3)32(43-36(51)44-40(17-10-7-11-18-40)24-56(53,54)39(4,5)6)35(50)46-23-28(55-37(52)45-19-16-26-12-8-9-13-27(26)22-45)21-30(46)34(49)42-29(20-25-14-15-25)31(47)33(41)48/h8-9,12-13,25,28-30,32H,7,10-11,14-24H2,1-6H3,(H2,41,48)(H,42,49)(H2,43,44,51)/t28-,29?,30+,32?/m1/s1. The molecule has 1 aromatic carbocycles. The molecule has 0 aromatic heterocycles. The van der Waals surface area contributed by atoms with E-state index < -0.39 is 85.4 Å². The number of benzene rings is 1. The van der Waals surface area contributed by atoms with Crippen LogP contribution in [0.3, 0.4) is 0 Å². The largest absolute Gasteiger partial charge is 0.444 e. The Morgan fingerprint density at radius 3 is 2.18 bits per heavy atom. The molecule has 3 fully saturated rings. The molecule has 4 atom stereocenters. The SMILES string of the molecule is CC(C)(C)C(NC(=O)NC1(CS(=O)(=O)C(C)(C)C)CCCCC1)C(=O)N1C[C@H](OC(=O)N2CCc3ccccc3C2)C[C@H]1C(=O)NC(CC1CC1)C(=O)C(N)=O. The van der Waals surface area contributed by atoms with Gasteiger partial charge in [-0.2, -0.15) is 0 Å². The maximum Gasteiger partial charge on any atom is 0.410 e. The first-order valence-electron chi connectivity index (χ1n) is 19.9. The molecule has 2 unspecified atom stereocenters. The van der Waals surface area contributed by atoms with E-state index in [1.165, 1.54) is 4.90 Å². The van der Waals surface area contributed by atoms with Crippen LogP contribution in [0.1, 0.15) is 110 Å². The van der Waals surface area contributed by atoms with E-state index in [0.717, 1.165) is 43.2 Å². The van der Waals surface area contributed by atoms with E-state index in [9.17, 15) is 37.2 Å². The van der Waals surface area contributed by atoms with Crippen LogP contribution in [-0.2, 0) is 46.7 Å². The van der Waals surface area contributed by atoms with Gasteiger partial charge in [0, 0.05) is 19.5 Å². The van der Waals surface area contributed by atoms with Crippen molar-refractivity contribution in [1.29, 1.82) is 0 Å². The Morgan fingerprint density at radius 2 is 1.59 bits per heavy atom. The van der Waals surface area contributed by atoms with E-state index in [1.54, 1.807) is 46.4 Å². The van der Waals surface area contributed by atoms with Gasteiger partial charge >= 0.3 is 12.1 Å². The number of amides is 6. The van der Waals surface area contributed by atoms with Crippen molar-refractivity contribution in [1.82, 2.24) is 25.8 Å². The zero-order chi connectivity index (χ0) is 41.2. The lowest BCUT2D eigenvalue weighted by atomic mass is 9.83. The fourth-order valence-electron chi connectivity index (χ4n) is 7.94. The van der Waals surface area contributed by atoms with Gasteiger partial charge in [0.2, 0.25) is 17.6 Å². The molecule has 310 valence electrons. The van der Waals surface area contributed by atoms with Gasteiger partial charge in [-0.25, -0.2) is 18.0 Å². The normalized spacial score (nSPS) is 22.2. The highest BCUT2D eigenvalue weighted by Gasteiger charge is 2.48. The highest BCUT2D eigenvalue weighted by Crippen LogP contribution is 2.35. The zero-order valence-electron chi connectivity index (χ0n) is 33.6. The Labute approximate surface area is 330 Å². The van der Waals surface area contributed by atoms with Crippen molar-refractivity contribution in [2.75, 3.05) is 18.8 Å². The molecule has 5 rings (SSSR count). The first kappa shape index (κ1) is 42.9. The average molecular weight is 801 g/mol. The maximum atomic E-state index is 14.7. The molecule has 0 spiro atoms. The first-order valence-corrected chi connectivity index (χ1v) is 21.5. The summed E-state index contributed by atoms with van der Waals surface area (Å²) < 4.78 is 31.7. The van der Waals surface area contributed by atoms with Crippen LogP contribution in [0.15, 0.2) is 24.3 Å². The number of urea groups is 1. The fourth-order valence-corrected chi connectivity index (χ4v) is 9.46. The second-order valence-corrected chi connectivity index (χ2v) is 21.0. The van der Waals surface area contributed by atoms with Gasteiger partial charge in [-0.15, -0.1) is 0 Å². The molecular weight excluding hydrogens is 741 g/mol. The van der Waals surface area contributed by atoms with Crippen molar-refractivity contribution in [3.8, 4) is 0 Å². The fraction of sp³-hybridized carbons (Fsp3) is 0.700. The van der Waals surface area contributed by atoms with Crippen molar-refractivity contribution < 1.29 is 41.9 Å². The van der Waals surface area contributed by atoms with Crippen molar-refractivity contribution >= 4 is 45.5 Å². The molecule has 5 N–H and O–H groups in total. The lowest BCUT2D eigenvalue weighted by Gasteiger charge is -2.41. The predicted molar refractivity (Wildman–Crippen MR) is 209 cm³/mol. The summed E-state index contributed by atoms with van der Waals surface area (Å²) in [6.07, 6.45) is 4.25. The molecule has 1 saturated heterocycles. The Morgan fingerprint density at radius 1 is 0.946 bits per heavy atom. The van der Waals surface area contributed by atoms with E-state index in [2.05, 4.69) is 16.0 Å². The minimum Gasteiger partial charge on any atom is -0.444 e. The minimum atomic E-state index is -3.63. The van der Waals surface area contributed by atoms with Crippen LogP contribution < -0.4 is 21.7 Å². The summed E-state index contributed by atoms with van der Waals surface area (Å²) in [7, 11) is -3.63. The molecule has 56 heavy (non-hydrogen) atoms. The summed E-state index contributed by atoms with van der Waals surface area (Å²) >= 11 is 0. The van der Waals surface area contributed by atoms with Crippen molar-refractivity contribution in [3.63, 3.8) is 0 Å². The smallest absolute Gasteiger partial charge is 0.410 e. The van der Waals surface area contributed by atoms with Gasteiger partial charge in [0.25, 0.3) is 5.91 Å². The second-order valence-electron chi connectivity index (χ2n) is 18.3. The third-order valence-corrected chi connectivity index (χ3v) is 14.4. The molecule has 1 aromatic rings. The number of hydrogen-bond donors (Lipinski definition) is 4. The molecule has 6 amide bonds. The number of likely N-dealkylation sites (tertiary alicyclic amines) is 1. The molecule has 15 nitrogen and oxygen atoms in total. The molecular formula is C40H60N6O9S. The van der Waals surface area contributed by atoms with Crippen molar-refractivity contribution in [2.24, 2.45) is 17.1 Å². The number of hydrogen-bond acceptors (Lipinski definition) is 9. The lowest BCUT2D eigenvalue weighted by molar-refractivity contribution is -0.143. The van der Waals surface area contributed by atoms with E-state index in [1.807, 2.05) is 24.3 Å². The maximum absolute atomic E-state index is 14.7. The summed E-state index contributed by atoms with van der Waals surface area (Å²) in [4.78, 5) is 83.7. The number of fused-ring (bicyclic) bond motifs is 1. The van der Waals surface area contributed by atoms with Crippen LogP contribution >= 0.6 is 0 Å². The monoisotopic (exact) mass is 800 g/mol. The van der Waals surface area contributed by atoms with Gasteiger partial charge in [0.15, 0.2) is 9.84 Å². The second kappa shape index (κ2) is 16.7. The van der Waals surface area contributed by atoms with Crippen molar-refractivity contribution in [3.05, 3.63) is 35.4 Å². The van der Waals surface area contributed by atoms with Gasteiger partial charge in [-0.1, -0.05) is 77.1 Å². The van der Waals surface area contributed by atoms with E-state index >= 15 is 0 Å². The zero-order valence-corrected chi connectivity index (χ0v) is 34.5. The molecule has 2 heterocycles. The number of nitrogens with one attached hydrogen (secondary N) is 3. The van der Waals surface area contributed by atoms with Crippen molar-refractivity contribution in [2.45, 2.75) is 147 Å². The molecule has 2 aliphatic carbocycles. The molecule has 2 aliphatic heterocycles. The summed E-state index contributed by atoms with van der Waals surface area (Å²) in [6, 6.07) is 3.49. The Kier molecular flexibility index (Phi) is 12.8. The number of Topliss-reactive ketones (excluding diaryl/α,β-unsaturated/α-hetero) is 1. The van der Waals surface area contributed by atoms with Crippen LogP contribution in [0.4, 0.5) is 9.59 Å². The van der Waals surface area contributed by atoms with E-state index in [4.69, 9.17) is 10.5 Å². The molecule has 0 radical (unpaired) electrons. The van der Waals surface area contributed by atoms with Gasteiger partial charge in [-0.3, -0.25) is 19.2 Å². The summed E-state index contributed by atoms with van der Waals surface area (Å²) in [5.41, 5.74) is 5.54. The van der Waals surface area contributed by atoms with Crippen LogP contribution in [0, 0.1) is 11.3 Å². The summed E-state index contributed by atoms with van der Waals surface area (Å²) in [5, 5.41) is 8.44. The van der Waals surface area contributed by atoms with Gasteiger partial charge in [-0.05, 0) is 68.9 Å². The molecule has 0 bridgehead atoms. The Bertz CT molecular complexity index is 1790.